The molecule has 0 fully saturated rings. The zero-order chi connectivity index (χ0) is 14.8. The molecule has 0 aromatic carbocycles. The molecular weight excluding hydrogens is 271 g/mol. The summed E-state index contributed by atoms with van der Waals surface area (Å²) < 4.78 is 13.7. The van der Waals surface area contributed by atoms with Crippen LogP contribution < -0.4 is 0 Å². The van der Waals surface area contributed by atoms with Gasteiger partial charge in [0.2, 0.25) is 0 Å². The van der Waals surface area contributed by atoms with Gasteiger partial charge in [-0.3, -0.25) is 9.78 Å². The Balaban J connectivity index is 1.83. The van der Waals surface area contributed by atoms with Gasteiger partial charge in [0.25, 0.3) is 5.91 Å². The first-order chi connectivity index (χ1) is 10.2. The van der Waals surface area contributed by atoms with Crippen LogP contribution in [-0.2, 0) is 12.8 Å². The second-order valence-corrected chi connectivity index (χ2v) is 5.03. The lowest BCUT2D eigenvalue weighted by Gasteiger charge is -2.20. The SMILES string of the molecule is Cc1ncnc2c1CCN(C(=O)c1ccncc1F)CC2. The first kappa shape index (κ1) is 13.6. The van der Waals surface area contributed by atoms with E-state index in [0.717, 1.165) is 23.1 Å². The number of carbonyl (C=O) groups excluding carboxylic acids is 1. The lowest BCUT2D eigenvalue weighted by molar-refractivity contribution is 0.0758. The van der Waals surface area contributed by atoms with Crippen LogP contribution >= 0.6 is 0 Å². The predicted molar refractivity (Wildman–Crippen MR) is 74.3 cm³/mol. The number of halogens is 1. The Morgan fingerprint density at radius 3 is 2.90 bits per heavy atom. The van der Waals surface area contributed by atoms with Gasteiger partial charge in [-0.15, -0.1) is 0 Å². The van der Waals surface area contributed by atoms with Crippen LogP contribution in [0.2, 0.25) is 0 Å². The Labute approximate surface area is 121 Å². The van der Waals surface area contributed by atoms with Gasteiger partial charge in [-0.25, -0.2) is 14.4 Å². The average molecular weight is 286 g/mol. The van der Waals surface area contributed by atoms with E-state index in [0.29, 0.717) is 25.9 Å². The van der Waals surface area contributed by atoms with Gasteiger partial charge in [-0.1, -0.05) is 0 Å². The quantitative estimate of drug-likeness (QED) is 0.798. The van der Waals surface area contributed by atoms with Crippen molar-refractivity contribution in [3.63, 3.8) is 0 Å². The molecule has 0 spiro atoms. The fourth-order valence-electron chi connectivity index (χ4n) is 2.61. The summed E-state index contributed by atoms with van der Waals surface area (Å²) in [6.07, 6.45) is 5.40. The third kappa shape index (κ3) is 2.61. The minimum Gasteiger partial charge on any atom is -0.338 e. The molecule has 2 aromatic rings. The first-order valence-electron chi connectivity index (χ1n) is 6.85. The molecular formula is C15H15FN4O. The predicted octanol–water partition coefficient (Wildman–Crippen LogP) is 1.56. The van der Waals surface area contributed by atoms with Crippen molar-refractivity contribution in [2.75, 3.05) is 13.1 Å². The van der Waals surface area contributed by atoms with Crippen molar-refractivity contribution in [2.24, 2.45) is 0 Å². The van der Waals surface area contributed by atoms with E-state index >= 15 is 0 Å². The first-order valence-corrected chi connectivity index (χ1v) is 6.85. The van der Waals surface area contributed by atoms with Crippen LogP contribution in [0.5, 0.6) is 0 Å². The molecule has 2 aromatic heterocycles. The number of rotatable bonds is 1. The van der Waals surface area contributed by atoms with Gasteiger partial charge >= 0.3 is 0 Å². The highest BCUT2D eigenvalue weighted by molar-refractivity contribution is 5.94. The number of aryl methyl sites for hydroxylation is 1. The summed E-state index contributed by atoms with van der Waals surface area (Å²) >= 11 is 0. The molecule has 3 rings (SSSR count). The van der Waals surface area contributed by atoms with E-state index in [1.165, 1.54) is 12.3 Å². The number of carbonyl (C=O) groups is 1. The van der Waals surface area contributed by atoms with Crippen molar-refractivity contribution in [3.05, 3.63) is 53.1 Å². The molecule has 5 nitrogen and oxygen atoms in total. The van der Waals surface area contributed by atoms with Crippen LogP contribution in [0.1, 0.15) is 27.3 Å². The van der Waals surface area contributed by atoms with Crippen LogP contribution in [0.3, 0.4) is 0 Å². The third-order valence-corrected chi connectivity index (χ3v) is 3.79. The third-order valence-electron chi connectivity index (χ3n) is 3.79. The van der Waals surface area contributed by atoms with Crippen molar-refractivity contribution in [1.82, 2.24) is 19.9 Å². The lowest BCUT2D eigenvalue weighted by atomic mass is 10.1. The molecule has 0 bridgehead atoms. The van der Waals surface area contributed by atoms with E-state index in [-0.39, 0.29) is 11.5 Å². The maximum absolute atomic E-state index is 13.7. The average Bonchev–Trinajstić information content (AvgIpc) is 2.71. The summed E-state index contributed by atoms with van der Waals surface area (Å²) in [5.74, 6) is -0.881. The van der Waals surface area contributed by atoms with Gasteiger partial charge in [-0.05, 0) is 25.0 Å². The number of hydrogen-bond donors (Lipinski definition) is 0. The van der Waals surface area contributed by atoms with Gasteiger partial charge in [0.1, 0.15) is 6.33 Å². The lowest BCUT2D eigenvalue weighted by Crippen LogP contribution is -2.33. The standard InChI is InChI=1S/C15H15FN4O/c1-10-11-3-6-20(7-4-14(11)19-9-18-10)15(21)12-2-5-17-8-13(12)16/h2,5,8-9H,3-4,6-7H2,1H3. The fourth-order valence-corrected chi connectivity index (χ4v) is 2.61. The van der Waals surface area contributed by atoms with Gasteiger partial charge in [0.15, 0.2) is 5.82 Å². The van der Waals surface area contributed by atoms with Crippen molar-refractivity contribution < 1.29 is 9.18 Å². The van der Waals surface area contributed by atoms with Crippen LogP contribution in [0.15, 0.2) is 24.8 Å². The molecule has 6 heteroatoms. The smallest absolute Gasteiger partial charge is 0.256 e. The minimum absolute atomic E-state index is 0.0683. The molecule has 108 valence electrons. The molecule has 3 heterocycles. The highest BCUT2D eigenvalue weighted by Gasteiger charge is 2.23. The molecule has 21 heavy (non-hydrogen) atoms. The van der Waals surface area contributed by atoms with Crippen molar-refractivity contribution >= 4 is 5.91 Å². The van der Waals surface area contributed by atoms with E-state index in [4.69, 9.17) is 0 Å². The number of amides is 1. The number of aromatic nitrogens is 3. The van der Waals surface area contributed by atoms with Crippen LogP contribution in [-0.4, -0.2) is 38.8 Å². The van der Waals surface area contributed by atoms with Crippen LogP contribution in [0.25, 0.3) is 0 Å². The normalized spacial score (nSPS) is 14.5. The molecule has 1 aliphatic heterocycles. The fraction of sp³-hybridized carbons (Fsp3) is 0.333. The van der Waals surface area contributed by atoms with Gasteiger partial charge < -0.3 is 4.90 Å². The number of hydrogen-bond acceptors (Lipinski definition) is 4. The maximum atomic E-state index is 13.7. The maximum Gasteiger partial charge on any atom is 0.256 e. The Hall–Kier alpha value is -2.37. The zero-order valence-corrected chi connectivity index (χ0v) is 11.7. The zero-order valence-electron chi connectivity index (χ0n) is 11.7. The summed E-state index contributed by atoms with van der Waals surface area (Å²) in [6.45, 7) is 3.02. The van der Waals surface area contributed by atoms with Crippen molar-refractivity contribution in [1.29, 1.82) is 0 Å². The summed E-state index contributed by atoms with van der Waals surface area (Å²) in [6, 6.07) is 1.42. The highest BCUT2D eigenvalue weighted by atomic mass is 19.1. The van der Waals surface area contributed by atoms with E-state index in [2.05, 4.69) is 15.0 Å². The number of fused-ring (bicyclic) bond motifs is 1. The van der Waals surface area contributed by atoms with E-state index in [9.17, 15) is 9.18 Å². The Kier molecular flexibility index (Phi) is 3.60. The summed E-state index contributed by atoms with van der Waals surface area (Å²) in [5.41, 5.74) is 3.10. The van der Waals surface area contributed by atoms with Gasteiger partial charge in [0, 0.05) is 37.1 Å². The van der Waals surface area contributed by atoms with E-state index in [1.54, 1.807) is 11.2 Å². The van der Waals surface area contributed by atoms with Crippen molar-refractivity contribution in [2.45, 2.75) is 19.8 Å². The number of pyridine rings is 1. The highest BCUT2D eigenvalue weighted by Crippen LogP contribution is 2.18. The molecule has 0 radical (unpaired) electrons. The van der Waals surface area contributed by atoms with Crippen LogP contribution in [0, 0.1) is 12.7 Å². The van der Waals surface area contributed by atoms with Crippen LogP contribution in [0.4, 0.5) is 4.39 Å². The molecule has 0 N–H and O–H groups in total. The Bertz CT molecular complexity index is 689. The summed E-state index contributed by atoms with van der Waals surface area (Å²) in [7, 11) is 0. The van der Waals surface area contributed by atoms with E-state index < -0.39 is 5.82 Å². The Morgan fingerprint density at radius 2 is 2.10 bits per heavy atom. The van der Waals surface area contributed by atoms with Gasteiger partial charge in [0.05, 0.1) is 11.8 Å². The second kappa shape index (κ2) is 5.55. The molecule has 0 atom stereocenters. The van der Waals surface area contributed by atoms with Crippen molar-refractivity contribution in [3.8, 4) is 0 Å². The minimum atomic E-state index is -0.583. The summed E-state index contributed by atoms with van der Waals surface area (Å²) in [5, 5.41) is 0. The largest absolute Gasteiger partial charge is 0.338 e. The van der Waals surface area contributed by atoms with Gasteiger partial charge in [-0.2, -0.15) is 0 Å². The Morgan fingerprint density at radius 1 is 1.29 bits per heavy atom. The summed E-state index contributed by atoms with van der Waals surface area (Å²) in [4.78, 5) is 26.3. The molecule has 0 aliphatic carbocycles. The molecule has 1 amide bonds. The molecule has 0 saturated carbocycles. The molecule has 1 aliphatic rings. The molecule has 0 unspecified atom stereocenters. The second-order valence-electron chi connectivity index (χ2n) is 5.03. The monoisotopic (exact) mass is 286 g/mol. The number of nitrogens with zero attached hydrogens (tertiary/aromatic N) is 4. The molecule has 0 saturated heterocycles. The topological polar surface area (TPSA) is 59.0 Å². The van der Waals surface area contributed by atoms with E-state index in [1.807, 2.05) is 6.92 Å².